The number of fused-ring (bicyclic) bond motifs is 1. The van der Waals surface area contributed by atoms with Gasteiger partial charge in [-0.15, -0.1) is 0 Å². The topological polar surface area (TPSA) is 61.8 Å². The maximum Gasteiger partial charge on any atom is 0.231 e. The second-order valence-electron chi connectivity index (χ2n) is 5.02. The lowest BCUT2D eigenvalue weighted by Crippen LogP contribution is -2.10. The van der Waals surface area contributed by atoms with Crippen molar-refractivity contribution in [3.05, 3.63) is 17.7 Å². The van der Waals surface area contributed by atoms with Crippen molar-refractivity contribution in [1.29, 1.82) is 0 Å². The summed E-state index contributed by atoms with van der Waals surface area (Å²) in [6.07, 6.45) is 0.676. The Bertz CT molecular complexity index is 628. The van der Waals surface area contributed by atoms with E-state index in [1.807, 2.05) is 12.1 Å². The SMILES string of the molecule is COc1cc(C(Br)C2CCS(=O)(=O)C2)cc2c1OCO2. The number of methoxy groups -OCH3 is 1. The molecule has 20 heavy (non-hydrogen) atoms. The molecule has 7 heteroatoms. The van der Waals surface area contributed by atoms with Gasteiger partial charge in [0.05, 0.1) is 18.6 Å². The van der Waals surface area contributed by atoms with Gasteiger partial charge in [-0.3, -0.25) is 0 Å². The molecule has 0 aliphatic carbocycles. The first kappa shape index (κ1) is 14.0. The van der Waals surface area contributed by atoms with Crippen molar-refractivity contribution in [2.45, 2.75) is 11.2 Å². The molecule has 1 aromatic rings. The molecule has 1 fully saturated rings. The average Bonchev–Trinajstić information content (AvgIpc) is 3.02. The maximum atomic E-state index is 11.6. The van der Waals surface area contributed by atoms with E-state index in [2.05, 4.69) is 15.9 Å². The second kappa shape index (κ2) is 5.11. The Morgan fingerprint density at radius 2 is 2.20 bits per heavy atom. The summed E-state index contributed by atoms with van der Waals surface area (Å²) in [5.74, 6) is 2.42. The summed E-state index contributed by atoms with van der Waals surface area (Å²) in [6, 6.07) is 3.76. The smallest absolute Gasteiger partial charge is 0.231 e. The van der Waals surface area contributed by atoms with Crippen LogP contribution in [0.4, 0.5) is 0 Å². The number of benzene rings is 1. The van der Waals surface area contributed by atoms with Crippen LogP contribution < -0.4 is 14.2 Å². The van der Waals surface area contributed by atoms with Gasteiger partial charge in [-0.05, 0) is 30.0 Å². The van der Waals surface area contributed by atoms with Gasteiger partial charge in [-0.2, -0.15) is 0 Å². The van der Waals surface area contributed by atoms with E-state index in [4.69, 9.17) is 14.2 Å². The number of alkyl halides is 1. The molecule has 0 amide bonds. The molecule has 3 rings (SSSR count). The lowest BCUT2D eigenvalue weighted by Gasteiger charge is -2.18. The minimum Gasteiger partial charge on any atom is -0.493 e. The standard InChI is InChI=1S/C13H15BrO5S/c1-17-10-4-9(5-11-13(10)19-7-18-11)12(14)8-2-3-20(15,16)6-8/h4-5,8,12H,2-3,6-7H2,1H3. The van der Waals surface area contributed by atoms with Gasteiger partial charge < -0.3 is 14.2 Å². The van der Waals surface area contributed by atoms with Crippen molar-refractivity contribution in [1.82, 2.24) is 0 Å². The second-order valence-corrected chi connectivity index (χ2v) is 8.24. The lowest BCUT2D eigenvalue weighted by molar-refractivity contribution is 0.171. The molecule has 0 aromatic heterocycles. The minimum atomic E-state index is -2.89. The van der Waals surface area contributed by atoms with E-state index in [0.717, 1.165) is 5.56 Å². The van der Waals surface area contributed by atoms with Crippen LogP contribution in [0.15, 0.2) is 12.1 Å². The number of hydrogen-bond acceptors (Lipinski definition) is 5. The van der Waals surface area contributed by atoms with Crippen LogP contribution in [0.25, 0.3) is 0 Å². The summed E-state index contributed by atoms with van der Waals surface area (Å²) < 4.78 is 39.3. The Labute approximate surface area is 126 Å². The minimum absolute atomic E-state index is 0.0387. The third-order valence-corrected chi connectivity index (χ3v) is 6.75. The predicted octanol–water partition coefficient (Wildman–Crippen LogP) is 2.29. The fourth-order valence-corrected chi connectivity index (χ4v) is 5.44. The van der Waals surface area contributed by atoms with Crippen molar-refractivity contribution in [2.24, 2.45) is 5.92 Å². The number of halogens is 1. The van der Waals surface area contributed by atoms with Crippen LogP contribution in [0, 0.1) is 5.92 Å². The molecular formula is C13H15BrO5S. The molecule has 2 aliphatic heterocycles. The van der Waals surface area contributed by atoms with Crippen LogP contribution in [0.2, 0.25) is 0 Å². The Kier molecular flexibility index (Phi) is 3.58. The summed E-state index contributed by atoms with van der Waals surface area (Å²) in [6.45, 7) is 0.180. The van der Waals surface area contributed by atoms with E-state index in [1.165, 1.54) is 0 Å². The summed E-state index contributed by atoms with van der Waals surface area (Å²) >= 11 is 3.62. The first-order valence-electron chi connectivity index (χ1n) is 6.32. The summed E-state index contributed by atoms with van der Waals surface area (Å²) in [7, 11) is -1.32. The van der Waals surface area contributed by atoms with Crippen LogP contribution in [-0.2, 0) is 9.84 Å². The summed E-state index contributed by atoms with van der Waals surface area (Å²) in [5, 5.41) is 0. The van der Waals surface area contributed by atoms with E-state index >= 15 is 0 Å². The van der Waals surface area contributed by atoms with E-state index in [-0.39, 0.29) is 29.0 Å². The third kappa shape index (κ3) is 2.48. The van der Waals surface area contributed by atoms with Crippen molar-refractivity contribution in [3.8, 4) is 17.2 Å². The Balaban J connectivity index is 1.91. The highest BCUT2D eigenvalue weighted by Gasteiger charge is 2.34. The molecule has 2 unspecified atom stereocenters. The van der Waals surface area contributed by atoms with Gasteiger partial charge in [0.2, 0.25) is 12.5 Å². The monoisotopic (exact) mass is 362 g/mol. The van der Waals surface area contributed by atoms with Crippen molar-refractivity contribution in [2.75, 3.05) is 25.4 Å². The number of hydrogen-bond donors (Lipinski definition) is 0. The zero-order valence-corrected chi connectivity index (χ0v) is 13.4. The number of ether oxygens (including phenoxy) is 3. The quantitative estimate of drug-likeness (QED) is 0.772. The number of rotatable bonds is 3. The van der Waals surface area contributed by atoms with Gasteiger partial charge in [-0.1, -0.05) is 15.9 Å². The van der Waals surface area contributed by atoms with Gasteiger partial charge in [0.15, 0.2) is 21.3 Å². The van der Waals surface area contributed by atoms with Gasteiger partial charge in [-0.25, -0.2) is 8.42 Å². The Hall–Kier alpha value is -0.950. The van der Waals surface area contributed by atoms with Gasteiger partial charge in [0.1, 0.15) is 0 Å². The third-order valence-electron chi connectivity index (χ3n) is 3.68. The zero-order valence-electron chi connectivity index (χ0n) is 11.0. The molecule has 2 heterocycles. The molecule has 0 radical (unpaired) electrons. The molecule has 0 N–H and O–H groups in total. The molecule has 0 bridgehead atoms. The lowest BCUT2D eigenvalue weighted by atomic mass is 9.98. The molecule has 2 atom stereocenters. The number of sulfone groups is 1. The predicted molar refractivity (Wildman–Crippen MR) is 77.5 cm³/mol. The van der Waals surface area contributed by atoms with Crippen LogP contribution in [0.1, 0.15) is 16.8 Å². The average molecular weight is 363 g/mol. The molecule has 0 spiro atoms. The Morgan fingerprint density at radius 3 is 2.85 bits per heavy atom. The van der Waals surface area contributed by atoms with E-state index in [1.54, 1.807) is 7.11 Å². The van der Waals surface area contributed by atoms with Crippen LogP contribution in [-0.4, -0.2) is 33.8 Å². The molecule has 1 aromatic carbocycles. The fourth-order valence-electron chi connectivity index (χ4n) is 2.64. The van der Waals surface area contributed by atoms with E-state index in [9.17, 15) is 8.42 Å². The van der Waals surface area contributed by atoms with Crippen LogP contribution in [0.3, 0.4) is 0 Å². The maximum absolute atomic E-state index is 11.6. The summed E-state index contributed by atoms with van der Waals surface area (Å²) in [4.78, 5) is -0.0387. The summed E-state index contributed by atoms with van der Waals surface area (Å²) in [5.41, 5.74) is 0.952. The highest BCUT2D eigenvalue weighted by atomic mass is 79.9. The van der Waals surface area contributed by atoms with E-state index < -0.39 is 9.84 Å². The first-order chi connectivity index (χ1) is 9.50. The fraction of sp³-hybridized carbons (Fsp3) is 0.538. The zero-order chi connectivity index (χ0) is 14.3. The molecule has 2 aliphatic rings. The Morgan fingerprint density at radius 1 is 1.40 bits per heavy atom. The first-order valence-corrected chi connectivity index (χ1v) is 9.06. The highest BCUT2D eigenvalue weighted by Crippen LogP contribution is 2.46. The molecule has 5 nitrogen and oxygen atoms in total. The van der Waals surface area contributed by atoms with Crippen LogP contribution >= 0.6 is 15.9 Å². The molecule has 1 saturated heterocycles. The van der Waals surface area contributed by atoms with Gasteiger partial charge >= 0.3 is 0 Å². The van der Waals surface area contributed by atoms with Crippen molar-refractivity contribution < 1.29 is 22.6 Å². The van der Waals surface area contributed by atoms with E-state index in [0.29, 0.717) is 23.7 Å². The van der Waals surface area contributed by atoms with Crippen LogP contribution in [0.5, 0.6) is 17.2 Å². The highest BCUT2D eigenvalue weighted by molar-refractivity contribution is 9.09. The molecule has 0 saturated carbocycles. The molecular weight excluding hydrogens is 348 g/mol. The van der Waals surface area contributed by atoms with Gasteiger partial charge in [0, 0.05) is 4.83 Å². The van der Waals surface area contributed by atoms with Crippen molar-refractivity contribution in [3.63, 3.8) is 0 Å². The largest absolute Gasteiger partial charge is 0.493 e. The van der Waals surface area contributed by atoms with Gasteiger partial charge in [0.25, 0.3) is 0 Å². The van der Waals surface area contributed by atoms with Crippen molar-refractivity contribution >= 4 is 25.8 Å². The normalized spacial score (nSPS) is 24.6. The molecule has 110 valence electrons.